The van der Waals surface area contributed by atoms with E-state index in [0.29, 0.717) is 41.8 Å². The van der Waals surface area contributed by atoms with E-state index in [1.165, 1.54) is 17.9 Å². The fourth-order valence-electron chi connectivity index (χ4n) is 5.13. The molecule has 1 aliphatic carbocycles. The Morgan fingerprint density at radius 2 is 1.87 bits per heavy atom. The predicted molar refractivity (Wildman–Crippen MR) is 136 cm³/mol. The van der Waals surface area contributed by atoms with Crippen molar-refractivity contribution in [2.45, 2.75) is 50.9 Å². The molecular weight excluding hydrogens is 511 g/mol. The molecule has 1 amide bonds. The van der Waals surface area contributed by atoms with Crippen LogP contribution in [0.4, 0.5) is 19.0 Å². The lowest BCUT2D eigenvalue weighted by molar-refractivity contribution is -0.140. The summed E-state index contributed by atoms with van der Waals surface area (Å²) >= 11 is 0. The average Bonchev–Trinajstić information content (AvgIpc) is 3.55. The van der Waals surface area contributed by atoms with E-state index in [2.05, 4.69) is 15.0 Å². The SMILES string of the molecule is COc1ncnc(C2CC2)c1-c1cc2n(n1)CCC(=O)N2C(C)c1ccc(-c2nc(C(F)(F)F)cn2C)cc1. The summed E-state index contributed by atoms with van der Waals surface area (Å²) in [5.41, 5.74) is 2.74. The topological polar surface area (TPSA) is 91.0 Å². The fourth-order valence-corrected chi connectivity index (χ4v) is 5.13. The summed E-state index contributed by atoms with van der Waals surface area (Å²) < 4.78 is 48.1. The number of aromatic nitrogens is 6. The monoisotopic (exact) mass is 537 g/mol. The van der Waals surface area contributed by atoms with Crippen molar-refractivity contribution in [3.05, 3.63) is 59.8 Å². The Morgan fingerprint density at radius 1 is 1.13 bits per heavy atom. The molecule has 9 nitrogen and oxygen atoms in total. The van der Waals surface area contributed by atoms with E-state index in [1.54, 1.807) is 24.1 Å². The normalized spacial score (nSPS) is 16.4. The van der Waals surface area contributed by atoms with Crippen molar-refractivity contribution in [1.29, 1.82) is 0 Å². The first-order chi connectivity index (χ1) is 18.7. The Bertz CT molecular complexity index is 1550. The number of rotatable bonds is 6. The summed E-state index contributed by atoms with van der Waals surface area (Å²) in [5, 5.41) is 4.81. The molecule has 202 valence electrons. The standard InChI is InChI=1S/C27H26F3N7O2/c1-15(16-4-8-18(9-5-16)25-33-20(13-35(25)2)27(28,29)30)37-21-12-19(34-36(21)11-10-22(37)38)23-24(17-6-7-17)31-14-32-26(23)39-3/h4-5,8-9,12-15,17H,6-7,10-11H2,1-3H3. The first-order valence-corrected chi connectivity index (χ1v) is 12.7. The van der Waals surface area contributed by atoms with Crippen LogP contribution >= 0.6 is 0 Å². The number of anilines is 1. The number of halogens is 3. The Labute approximate surface area is 222 Å². The molecular formula is C27H26F3N7O2. The van der Waals surface area contributed by atoms with Gasteiger partial charge in [0.25, 0.3) is 0 Å². The Morgan fingerprint density at radius 3 is 2.51 bits per heavy atom. The molecule has 4 aromatic rings. The van der Waals surface area contributed by atoms with E-state index in [-0.39, 0.29) is 17.8 Å². The highest BCUT2D eigenvalue weighted by atomic mass is 19.4. The fraction of sp³-hybridized carbons (Fsp3) is 0.370. The number of hydrogen-bond acceptors (Lipinski definition) is 6. The number of carbonyl (C=O) groups excluding carboxylic acids is 1. The minimum Gasteiger partial charge on any atom is -0.480 e. The van der Waals surface area contributed by atoms with Crippen molar-refractivity contribution < 1.29 is 22.7 Å². The molecule has 1 saturated carbocycles. The third-order valence-corrected chi connectivity index (χ3v) is 7.27. The predicted octanol–water partition coefficient (Wildman–Crippen LogP) is 5.14. The van der Waals surface area contributed by atoms with Gasteiger partial charge in [0.15, 0.2) is 5.69 Å². The van der Waals surface area contributed by atoms with Gasteiger partial charge in [-0.1, -0.05) is 24.3 Å². The largest absolute Gasteiger partial charge is 0.480 e. The second-order valence-electron chi connectivity index (χ2n) is 9.90. The number of imidazole rings is 1. The van der Waals surface area contributed by atoms with Crippen molar-refractivity contribution in [2.75, 3.05) is 12.0 Å². The zero-order valence-corrected chi connectivity index (χ0v) is 21.6. The Hall–Kier alpha value is -4.22. The maximum atomic E-state index is 13.2. The minimum atomic E-state index is -4.52. The molecule has 1 atom stereocenters. The zero-order valence-electron chi connectivity index (χ0n) is 21.6. The van der Waals surface area contributed by atoms with Crippen LogP contribution < -0.4 is 9.64 Å². The van der Waals surface area contributed by atoms with Gasteiger partial charge in [0.1, 0.15) is 23.7 Å². The highest BCUT2D eigenvalue weighted by Crippen LogP contribution is 2.46. The van der Waals surface area contributed by atoms with Crippen LogP contribution in [-0.4, -0.2) is 42.3 Å². The van der Waals surface area contributed by atoms with Crippen molar-refractivity contribution in [1.82, 2.24) is 29.3 Å². The molecule has 0 radical (unpaired) electrons. The van der Waals surface area contributed by atoms with E-state index in [0.717, 1.165) is 35.9 Å². The van der Waals surface area contributed by atoms with Crippen LogP contribution in [0.5, 0.6) is 5.88 Å². The number of alkyl halides is 3. The van der Waals surface area contributed by atoms with Gasteiger partial charge in [-0.3, -0.25) is 9.69 Å². The van der Waals surface area contributed by atoms with Gasteiger partial charge < -0.3 is 9.30 Å². The lowest BCUT2D eigenvalue weighted by Crippen LogP contribution is -2.39. The lowest BCUT2D eigenvalue weighted by atomic mass is 10.0. The first kappa shape index (κ1) is 25.1. The molecule has 6 rings (SSSR count). The molecule has 2 aliphatic rings. The lowest BCUT2D eigenvalue weighted by Gasteiger charge is -2.33. The molecule has 0 bridgehead atoms. The Balaban J connectivity index is 1.33. The molecule has 1 unspecified atom stereocenters. The molecule has 1 aliphatic heterocycles. The molecule has 12 heteroatoms. The van der Waals surface area contributed by atoms with Gasteiger partial charge in [-0.25, -0.2) is 19.6 Å². The quantitative estimate of drug-likeness (QED) is 0.338. The second-order valence-corrected chi connectivity index (χ2v) is 9.90. The van der Waals surface area contributed by atoms with Gasteiger partial charge >= 0.3 is 6.18 Å². The molecule has 3 aromatic heterocycles. The van der Waals surface area contributed by atoms with Gasteiger partial charge in [0.2, 0.25) is 11.8 Å². The van der Waals surface area contributed by atoms with Crippen LogP contribution in [0.25, 0.3) is 22.6 Å². The van der Waals surface area contributed by atoms with Crippen LogP contribution in [0.15, 0.2) is 42.9 Å². The number of methoxy groups -OCH3 is 1. The molecule has 0 spiro atoms. The van der Waals surface area contributed by atoms with Crippen LogP contribution in [0.3, 0.4) is 0 Å². The van der Waals surface area contributed by atoms with Crippen LogP contribution in [0.1, 0.15) is 55.1 Å². The maximum absolute atomic E-state index is 13.2. The summed E-state index contributed by atoms with van der Waals surface area (Å²) in [4.78, 5) is 27.5. The van der Waals surface area contributed by atoms with Crippen molar-refractivity contribution in [2.24, 2.45) is 7.05 Å². The molecule has 0 saturated heterocycles. The van der Waals surface area contributed by atoms with Crippen molar-refractivity contribution >= 4 is 11.7 Å². The smallest absolute Gasteiger partial charge is 0.434 e. The van der Waals surface area contributed by atoms with Crippen molar-refractivity contribution in [3.63, 3.8) is 0 Å². The number of benzene rings is 1. The number of hydrogen-bond donors (Lipinski definition) is 0. The van der Waals surface area contributed by atoms with E-state index in [1.807, 2.05) is 29.8 Å². The minimum absolute atomic E-state index is 0.0388. The van der Waals surface area contributed by atoms with Gasteiger partial charge in [0.05, 0.1) is 31.0 Å². The van der Waals surface area contributed by atoms with Gasteiger partial charge in [-0.15, -0.1) is 0 Å². The number of fused-ring (bicyclic) bond motifs is 1. The number of ether oxygens (including phenoxy) is 1. The molecule has 39 heavy (non-hydrogen) atoms. The van der Waals surface area contributed by atoms with E-state index in [9.17, 15) is 18.0 Å². The van der Waals surface area contributed by atoms with Crippen LogP contribution in [0, 0.1) is 0 Å². The average molecular weight is 538 g/mol. The third-order valence-electron chi connectivity index (χ3n) is 7.27. The number of aryl methyl sites for hydroxylation is 2. The first-order valence-electron chi connectivity index (χ1n) is 12.7. The third kappa shape index (κ3) is 4.43. The summed E-state index contributed by atoms with van der Waals surface area (Å²) in [6, 6.07) is 8.59. The maximum Gasteiger partial charge on any atom is 0.434 e. The van der Waals surface area contributed by atoms with E-state index in [4.69, 9.17) is 9.84 Å². The van der Waals surface area contributed by atoms with E-state index >= 15 is 0 Å². The number of carbonyl (C=O) groups is 1. The molecule has 1 aromatic carbocycles. The molecule has 4 heterocycles. The van der Waals surface area contributed by atoms with Crippen LogP contribution in [0.2, 0.25) is 0 Å². The highest BCUT2D eigenvalue weighted by Gasteiger charge is 2.36. The summed E-state index contributed by atoms with van der Waals surface area (Å²) in [7, 11) is 3.09. The zero-order chi connectivity index (χ0) is 27.5. The highest BCUT2D eigenvalue weighted by molar-refractivity contribution is 5.95. The van der Waals surface area contributed by atoms with Crippen LogP contribution in [-0.2, 0) is 24.6 Å². The summed E-state index contributed by atoms with van der Waals surface area (Å²) in [5.74, 6) is 1.62. The summed E-state index contributed by atoms with van der Waals surface area (Å²) in [6.07, 6.45) is 0.349. The Kier molecular flexibility index (Phi) is 5.92. The van der Waals surface area contributed by atoms with Crippen molar-refractivity contribution in [3.8, 4) is 28.5 Å². The number of nitrogens with zero attached hydrogens (tertiary/aromatic N) is 7. The number of amides is 1. The second kappa shape index (κ2) is 9.21. The molecule has 0 N–H and O–H groups in total. The molecule has 1 fully saturated rings. The summed E-state index contributed by atoms with van der Waals surface area (Å²) in [6.45, 7) is 2.37. The van der Waals surface area contributed by atoms with Gasteiger partial charge in [-0.2, -0.15) is 18.3 Å². The van der Waals surface area contributed by atoms with Gasteiger partial charge in [-0.05, 0) is 25.3 Å². The van der Waals surface area contributed by atoms with Gasteiger partial charge in [0, 0.05) is 37.2 Å². The van der Waals surface area contributed by atoms with E-state index < -0.39 is 11.9 Å².